The van der Waals surface area contributed by atoms with Crippen molar-refractivity contribution < 1.29 is 18.9 Å². The maximum atomic E-state index is 5.47. The molecular weight excluding hydrogens is 314 g/mol. The quantitative estimate of drug-likeness (QED) is 0.614. The molecule has 108 valence electrons. The molecule has 1 aromatic rings. The summed E-state index contributed by atoms with van der Waals surface area (Å²) in [5, 5.41) is 0. The average Bonchev–Trinajstić information content (AvgIpc) is 2.41. The van der Waals surface area contributed by atoms with Crippen LogP contribution in [0.4, 0.5) is 0 Å². The summed E-state index contributed by atoms with van der Waals surface area (Å²) >= 11 is 3.39. The number of pyridine rings is 1. The van der Waals surface area contributed by atoms with E-state index in [1.807, 2.05) is 13.0 Å². The molecule has 1 aromatic heterocycles. The van der Waals surface area contributed by atoms with E-state index in [1.165, 1.54) is 0 Å². The number of ether oxygens (including phenoxy) is 4. The van der Waals surface area contributed by atoms with E-state index in [-0.39, 0.29) is 0 Å². The van der Waals surface area contributed by atoms with Gasteiger partial charge in [0.05, 0.1) is 33.0 Å². The predicted octanol–water partition coefficient (Wildman–Crippen LogP) is 2.21. The smallest absolute Gasteiger partial charge is 0.213 e. The summed E-state index contributed by atoms with van der Waals surface area (Å²) in [6.07, 6.45) is 1.73. The van der Waals surface area contributed by atoms with E-state index in [0.717, 1.165) is 10.0 Å². The minimum absolute atomic E-state index is 0.478. The lowest BCUT2D eigenvalue weighted by molar-refractivity contribution is 0.0176. The van der Waals surface area contributed by atoms with Gasteiger partial charge in [0, 0.05) is 23.8 Å². The zero-order valence-electron chi connectivity index (χ0n) is 11.4. The molecule has 0 N–H and O–H groups in total. The van der Waals surface area contributed by atoms with Gasteiger partial charge in [0.15, 0.2) is 0 Å². The summed E-state index contributed by atoms with van der Waals surface area (Å²) in [5.41, 5.74) is 1.09. The molecule has 6 heteroatoms. The Bertz CT molecular complexity index is 362. The van der Waals surface area contributed by atoms with Crippen molar-refractivity contribution in [2.45, 2.75) is 6.92 Å². The number of hydrogen-bond acceptors (Lipinski definition) is 5. The number of halogens is 1. The van der Waals surface area contributed by atoms with E-state index in [9.17, 15) is 0 Å². The van der Waals surface area contributed by atoms with E-state index in [2.05, 4.69) is 20.9 Å². The van der Waals surface area contributed by atoms with Gasteiger partial charge in [0.25, 0.3) is 0 Å². The first-order valence-corrected chi connectivity index (χ1v) is 6.92. The molecule has 0 aliphatic heterocycles. The van der Waals surface area contributed by atoms with Crippen molar-refractivity contribution in [3.63, 3.8) is 0 Å². The number of aromatic nitrogens is 1. The number of nitrogens with zero attached hydrogens (tertiary/aromatic N) is 1. The number of aryl methyl sites for hydroxylation is 1. The molecule has 0 aromatic carbocycles. The van der Waals surface area contributed by atoms with Crippen molar-refractivity contribution >= 4 is 15.9 Å². The number of hydrogen-bond donors (Lipinski definition) is 0. The largest absolute Gasteiger partial charge is 0.475 e. The van der Waals surface area contributed by atoms with Crippen molar-refractivity contribution in [3.8, 4) is 5.88 Å². The molecule has 0 unspecified atom stereocenters. The Morgan fingerprint density at radius 3 is 2.32 bits per heavy atom. The van der Waals surface area contributed by atoms with Crippen LogP contribution in [0.5, 0.6) is 5.88 Å². The molecule has 1 rings (SSSR count). The highest BCUT2D eigenvalue weighted by Gasteiger charge is 1.99. The van der Waals surface area contributed by atoms with Gasteiger partial charge < -0.3 is 18.9 Å². The Labute approximate surface area is 122 Å². The van der Waals surface area contributed by atoms with E-state index in [4.69, 9.17) is 18.9 Å². The average molecular weight is 334 g/mol. The highest BCUT2D eigenvalue weighted by atomic mass is 79.9. The number of rotatable bonds is 10. The summed E-state index contributed by atoms with van der Waals surface area (Å²) < 4.78 is 21.9. The van der Waals surface area contributed by atoms with Gasteiger partial charge in [-0.2, -0.15) is 0 Å². The number of methoxy groups -OCH3 is 1. The zero-order valence-corrected chi connectivity index (χ0v) is 12.9. The van der Waals surface area contributed by atoms with Crippen LogP contribution in [-0.2, 0) is 14.2 Å². The molecule has 0 bridgehead atoms. The molecule has 19 heavy (non-hydrogen) atoms. The predicted molar refractivity (Wildman–Crippen MR) is 75.7 cm³/mol. The van der Waals surface area contributed by atoms with E-state index >= 15 is 0 Å². The topological polar surface area (TPSA) is 49.8 Å². The van der Waals surface area contributed by atoms with Crippen LogP contribution in [-0.4, -0.2) is 51.7 Å². The fourth-order valence-electron chi connectivity index (χ4n) is 1.26. The third kappa shape index (κ3) is 7.47. The van der Waals surface area contributed by atoms with Crippen LogP contribution in [0.2, 0.25) is 0 Å². The summed E-state index contributed by atoms with van der Waals surface area (Å²) in [6, 6.07) is 1.89. The molecule has 0 atom stereocenters. The first-order chi connectivity index (χ1) is 9.24. The molecular formula is C13H20BrNO4. The summed E-state index contributed by atoms with van der Waals surface area (Å²) in [4.78, 5) is 4.14. The lowest BCUT2D eigenvalue weighted by atomic mass is 10.3. The highest BCUT2D eigenvalue weighted by molar-refractivity contribution is 9.10. The summed E-state index contributed by atoms with van der Waals surface area (Å²) in [7, 11) is 1.65. The molecule has 0 spiro atoms. The van der Waals surface area contributed by atoms with Crippen LogP contribution in [0.15, 0.2) is 16.7 Å². The van der Waals surface area contributed by atoms with Gasteiger partial charge in [-0.3, -0.25) is 0 Å². The molecule has 0 saturated heterocycles. The maximum Gasteiger partial charge on any atom is 0.213 e. The minimum atomic E-state index is 0.478. The molecule has 1 heterocycles. The van der Waals surface area contributed by atoms with Crippen molar-refractivity contribution in [2.24, 2.45) is 0 Å². The van der Waals surface area contributed by atoms with Crippen LogP contribution in [0.1, 0.15) is 5.56 Å². The Kier molecular flexibility index (Phi) is 8.73. The van der Waals surface area contributed by atoms with Crippen molar-refractivity contribution in [1.82, 2.24) is 4.98 Å². The zero-order chi connectivity index (χ0) is 13.9. The molecule has 0 aliphatic carbocycles. The minimum Gasteiger partial charge on any atom is -0.475 e. The van der Waals surface area contributed by atoms with Crippen LogP contribution >= 0.6 is 15.9 Å². The van der Waals surface area contributed by atoms with E-state index in [1.54, 1.807) is 13.3 Å². The highest BCUT2D eigenvalue weighted by Crippen LogP contribution is 2.18. The standard InChI is InChI=1S/C13H20BrNO4/c1-11-9-13(15-10-12(11)14)19-8-7-18-6-5-17-4-3-16-2/h9-10H,3-8H2,1-2H3. The second-order valence-corrected chi connectivity index (χ2v) is 4.69. The van der Waals surface area contributed by atoms with Crippen molar-refractivity contribution in [1.29, 1.82) is 0 Å². The molecule has 0 fully saturated rings. The van der Waals surface area contributed by atoms with Gasteiger partial charge in [-0.05, 0) is 28.4 Å². The third-order valence-electron chi connectivity index (χ3n) is 2.30. The second-order valence-electron chi connectivity index (χ2n) is 3.84. The summed E-state index contributed by atoms with van der Waals surface area (Å²) in [5.74, 6) is 0.612. The van der Waals surface area contributed by atoms with E-state index < -0.39 is 0 Å². The third-order valence-corrected chi connectivity index (χ3v) is 3.13. The Hall–Kier alpha value is -0.690. The maximum absolute atomic E-state index is 5.47. The molecule has 0 amide bonds. The fourth-order valence-corrected chi connectivity index (χ4v) is 1.48. The van der Waals surface area contributed by atoms with Gasteiger partial charge in [0.2, 0.25) is 5.88 Å². The van der Waals surface area contributed by atoms with Gasteiger partial charge in [-0.15, -0.1) is 0 Å². The van der Waals surface area contributed by atoms with Gasteiger partial charge in [-0.1, -0.05) is 0 Å². The fraction of sp³-hybridized carbons (Fsp3) is 0.615. The monoisotopic (exact) mass is 333 g/mol. The van der Waals surface area contributed by atoms with Crippen LogP contribution < -0.4 is 4.74 Å². The van der Waals surface area contributed by atoms with E-state index in [0.29, 0.717) is 45.5 Å². The second kappa shape index (κ2) is 10.1. The molecule has 0 aliphatic rings. The van der Waals surface area contributed by atoms with Crippen LogP contribution in [0.3, 0.4) is 0 Å². The first kappa shape index (κ1) is 16.4. The van der Waals surface area contributed by atoms with Crippen LogP contribution in [0, 0.1) is 6.92 Å². The lowest BCUT2D eigenvalue weighted by Crippen LogP contribution is -2.12. The molecule has 5 nitrogen and oxygen atoms in total. The Morgan fingerprint density at radius 2 is 1.68 bits per heavy atom. The lowest BCUT2D eigenvalue weighted by Gasteiger charge is -2.08. The SMILES string of the molecule is COCCOCCOCCOc1cc(C)c(Br)cn1. The summed E-state index contributed by atoms with van der Waals surface area (Å²) in [6.45, 7) is 5.32. The van der Waals surface area contributed by atoms with Gasteiger partial charge in [-0.25, -0.2) is 4.98 Å². The van der Waals surface area contributed by atoms with Crippen molar-refractivity contribution in [2.75, 3.05) is 46.8 Å². The molecule has 0 saturated carbocycles. The Morgan fingerprint density at radius 1 is 1.05 bits per heavy atom. The van der Waals surface area contributed by atoms with Crippen LogP contribution in [0.25, 0.3) is 0 Å². The normalized spacial score (nSPS) is 10.7. The molecule has 0 radical (unpaired) electrons. The van der Waals surface area contributed by atoms with Crippen molar-refractivity contribution in [3.05, 3.63) is 22.3 Å². The van der Waals surface area contributed by atoms with Gasteiger partial charge >= 0.3 is 0 Å². The Balaban J connectivity index is 2.00. The van der Waals surface area contributed by atoms with Gasteiger partial charge in [0.1, 0.15) is 6.61 Å². The first-order valence-electron chi connectivity index (χ1n) is 6.13.